The number of hydrogen-bond acceptors (Lipinski definition) is 2. The Morgan fingerprint density at radius 1 is 1.12 bits per heavy atom. The Bertz CT molecular complexity index is 335. The zero-order valence-corrected chi connectivity index (χ0v) is 11.0. The van der Waals surface area contributed by atoms with Gasteiger partial charge in [-0.3, -0.25) is 9.59 Å². The maximum atomic E-state index is 12.1. The summed E-state index contributed by atoms with van der Waals surface area (Å²) in [6, 6.07) is 0. The molecule has 0 heterocycles. The van der Waals surface area contributed by atoms with E-state index < -0.39 is 0 Å². The molecule has 0 saturated heterocycles. The minimum atomic E-state index is -0.130. The van der Waals surface area contributed by atoms with Crippen molar-refractivity contribution in [2.75, 3.05) is 0 Å². The molecule has 0 aromatic heterocycles. The van der Waals surface area contributed by atoms with E-state index in [1.54, 1.807) is 0 Å². The molecular formula is C14H22O2. The molecule has 2 heteroatoms. The maximum absolute atomic E-state index is 12.1. The van der Waals surface area contributed by atoms with Gasteiger partial charge in [0.15, 0.2) is 5.78 Å². The summed E-state index contributed by atoms with van der Waals surface area (Å²) in [4.78, 5) is 24.1. The Hall–Kier alpha value is -0.920. The summed E-state index contributed by atoms with van der Waals surface area (Å²) in [7, 11) is 0. The molecular weight excluding hydrogens is 200 g/mol. The quantitative estimate of drug-likeness (QED) is 0.732. The van der Waals surface area contributed by atoms with Crippen LogP contribution in [0.4, 0.5) is 0 Å². The Labute approximate surface area is 98.1 Å². The third-order valence-electron chi connectivity index (χ3n) is 3.32. The molecule has 0 saturated carbocycles. The van der Waals surface area contributed by atoms with E-state index in [1.807, 2.05) is 34.6 Å². The van der Waals surface area contributed by atoms with Crippen LogP contribution in [0.5, 0.6) is 0 Å². The van der Waals surface area contributed by atoms with Crippen LogP contribution in [0.1, 0.15) is 47.5 Å². The smallest absolute Gasteiger partial charge is 0.162 e. The van der Waals surface area contributed by atoms with E-state index in [4.69, 9.17) is 0 Å². The van der Waals surface area contributed by atoms with Crippen molar-refractivity contribution in [3.8, 4) is 0 Å². The van der Waals surface area contributed by atoms with Gasteiger partial charge in [0.1, 0.15) is 5.78 Å². The number of carbonyl (C=O) groups excluding carboxylic acids is 2. The first-order chi connectivity index (χ1) is 7.36. The van der Waals surface area contributed by atoms with Crippen LogP contribution < -0.4 is 0 Å². The van der Waals surface area contributed by atoms with Crippen LogP contribution >= 0.6 is 0 Å². The predicted molar refractivity (Wildman–Crippen MR) is 65.1 cm³/mol. The van der Waals surface area contributed by atoms with Crippen LogP contribution in [-0.4, -0.2) is 11.6 Å². The fourth-order valence-corrected chi connectivity index (χ4v) is 2.32. The highest BCUT2D eigenvalue weighted by atomic mass is 16.1. The predicted octanol–water partition coefficient (Wildman–Crippen LogP) is 3.16. The Morgan fingerprint density at radius 3 is 2.12 bits per heavy atom. The minimum Gasteiger partial charge on any atom is -0.299 e. The van der Waals surface area contributed by atoms with Crippen LogP contribution in [0.2, 0.25) is 0 Å². The number of carbonyl (C=O) groups is 2. The van der Waals surface area contributed by atoms with Crippen LogP contribution in [-0.2, 0) is 9.59 Å². The molecule has 16 heavy (non-hydrogen) atoms. The lowest BCUT2D eigenvalue weighted by molar-refractivity contribution is -0.127. The third-order valence-corrected chi connectivity index (χ3v) is 3.32. The first-order valence-electron chi connectivity index (χ1n) is 6.13. The molecule has 2 nitrogen and oxygen atoms in total. The lowest BCUT2D eigenvalue weighted by Crippen LogP contribution is -2.25. The van der Waals surface area contributed by atoms with Crippen molar-refractivity contribution < 1.29 is 9.59 Å². The molecule has 1 rings (SSSR count). The largest absolute Gasteiger partial charge is 0.299 e. The summed E-state index contributed by atoms with van der Waals surface area (Å²) in [5.41, 5.74) is 1.94. The van der Waals surface area contributed by atoms with E-state index in [0.717, 1.165) is 24.0 Å². The highest BCUT2D eigenvalue weighted by molar-refractivity contribution is 6.04. The van der Waals surface area contributed by atoms with Gasteiger partial charge < -0.3 is 0 Å². The second-order valence-corrected chi connectivity index (χ2v) is 5.36. The number of rotatable bonds is 4. The Balaban J connectivity index is 2.99. The number of hydrogen-bond donors (Lipinski definition) is 0. The van der Waals surface area contributed by atoms with Gasteiger partial charge in [0, 0.05) is 23.3 Å². The van der Waals surface area contributed by atoms with Gasteiger partial charge in [-0.1, -0.05) is 33.3 Å². The maximum Gasteiger partial charge on any atom is 0.162 e. The van der Waals surface area contributed by atoms with Gasteiger partial charge in [-0.05, 0) is 19.8 Å². The molecule has 1 atom stereocenters. The van der Waals surface area contributed by atoms with Gasteiger partial charge in [0.25, 0.3) is 0 Å². The molecule has 0 bridgehead atoms. The summed E-state index contributed by atoms with van der Waals surface area (Å²) in [6.07, 6.45) is 1.73. The zero-order valence-electron chi connectivity index (χ0n) is 11.0. The highest BCUT2D eigenvalue weighted by Gasteiger charge is 2.34. The average Bonchev–Trinajstić information content (AvgIpc) is 2.57. The molecule has 0 amide bonds. The molecule has 0 aliphatic heterocycles. The van der Waals surface area contributed by atoms with Gasteiger partial charge in [-0.2, -0.15) is 0 Å². The first-order valence-corrected chi connectivity index (χ1v) is 6.13. The van der Waals surface area contributed by atoms with Gasteiger partial charge in [-0.15, -0.1) is 0 Å². The summed E-state index contributed by atoms with van der Waals surface area (Å²) in [5, 5.41) is 0. The Morgan fingerprint density at radius 2 is 1.69 bits per heavy atom. The van der Waals surface area contributed by atoms with Crippen LogP contribution in [0.15, 0.2) is 11.1 Å². The van der Waals surface area contributed by atoms with Gasteiger partial charge in [0.2, 0.25) is 0 Å². The van der Waals surface area contributed by atoms with Gasteiger partial charge in [-0.25, -0.2) is 0 Å². The van der Waals surface area contributed by atoms with E-state index in [-0.39, 0.29) is 29.3 Å². The molecule has 0 N–H and O–H groups in total. The van der Waals surface area contributed by atoms with Crippen molar-refractivity contribution in [2.45, 2.75) is 47.5 Å². The lowest BCUT2D eigenvalue weighted by Gasteiger charge is -2.17. The molecule has 90 valence electrons. The monoisotopic (exact) mass is 222 g/mol. The normalized spacial score (nSPS) is 21.1. The molecule has 1 aliphatic carbocycles. The summed E-state index contributed by atoms with van der Waals surface area (Å²) in [6.45, 7) is 9.61. The SMILES string of the molecule is CC1=C(C(=O)C(C)C)C(C(=O)C(C)C)CC1. The van der Waals surface area contributed by atoms with Crippen molar-refractivity contribution in [1.29, 1.82) is 0 Å². The second kappa shape index (κ2) is 4.94. The molecule has 0 aromatic rings. The summed E-state index contributed by atoms with van der Waals surface area (Å²) >= 11 is 0. The average molecular weight is 222 g/mol. The number of ketones is 2. The fourth-order valence-electron chi connectivity index (χ4n) is 2.32. The molecule has 0 aromatic carbocycles. The molecule has 0 spiro atoms. The third kappa shape index (κ3) is 2.42. The highest BCUT2D eigenvalue weighted by Crippen LogP contribution is 2.35. The molecule has 0 radical (unpaired) electrons. The van der Waals surface area contributed by atoms with E-state index >= 15 is 0 Å². The van der Waals surface area contributed by atoms with E-state index in [0.29, 0.717) is 0 Å². The van der Waals surface area contributed by atoms with Crippen molar-refractivity contribution in [3.05, 3.63) is 11.1 Å². The van der Waals surface area contributed by atoms with Crippen molar-refractivity contribution in [1.82, 2.24) is 0 Å². The number of Topliss-reactive ketones (excluding diaryl/α,β-unsaturated/α-hetero) is 2. The van der Waals surface area contributed by atoms with Crippen molar-refractivity contribution in [2.24, 2.45) is 17.8 Å². The summed E-state index contributed by atoms with van der Waals surface area (Å²) < 4.78 is 0. The van der Waals surface area contributed by atoms with E-state index in [1.165, 1.54) is 0 Å². The van der Waals surface area contributed by atoms with Crippen LogP contribution in [0, 0.1) is 17.8 Å². The fraction of sp³-hybridized carbons (Fsp3) is 0.714. The molecule has 1 unspecified atom stereocenters. The Kier molecular flexibility index (Phi) is 4.06. The zero-order chi connectivity index (χ0) is 12.5. The molecule has 1 aliphatic rings. The standard InChI is InChI=1S/C14H22O2/c1-8(2)13(15)11-7-6-10(5)12(11)14(16)9(3)4/h8-9,11H,6-7H2,1-5H3. The van der Waals surface area contributed by atoms with Crippen molar-refractivity contribution >= 4 is 11.6 Å². The first kappa shape index (κ1) is 13.1. The minimum absolute atomic E-state index is 0.00878. The summed E-state index contributed by atoms with van der Waals surface area (Å²) in [5.74, 6) is 0.265. The van der Waals surface area contributed by atoms with Gasteiger partial charge in [0.05, 0.1) is 0 Å². The topological polar surface area (TPSA) is 34.1 Å². The second-order valence-electron chi connectivity index (χ2n) is 5.36. The van der Waals surface area contributed by atoms with E-state index in [2.05, 4.69) is 0 Å². The molecule has 0 fully saturated rings. The van der Waals surface area contributed by atoms with E-state index in [9.17, 15) is 9.59 Å². The lowest BCUT2D eigenvalue weighted by atomic mass is 9.85. The van der Waals surface area contributed by atoms with Crippen LogP contribution in [0.25, 0.3) is 0 Å². The number of allylic oxidation sites excluding steroid dienone is 2. The van der Waals surface area contributed by atoms with Gasteiger partial charge >= 0.3 is 0 Å². The van der Waals surface area contributed by atoms with Crippen LogP contribution in [0.3, 0.4) is 0 Å². The van der Waals surface area contributed by atoms with Crippen molar-refractivity contribution in [3.63, 3.8) is 0 Å².